The first-order valence-corrected chi connectivity index (χ1v) is 7.55. The normalized spacial score (nSPS) is 10.9. The fraction of sp³-hybridized carbons (Fsp3) is 0. The van der Waals surface area contributed by atoms with Gasteiger partial charge in [0.15, 0.2) is 5.65 Å². The predicted octanol–water partition coefficient (Wildman–Crippen LogP) is 4.56. The number of fused-ring (bicyclic) bond motifs is 1. The smallest absolute Gasteiger partial charge is 0.157 e. The number of aromatic nitrogens is 4. The van der Waals surface area contributed by atoms with Crippen LogP contribution in [0.2, 0.25) is 5.02 Å². The van der Waals surface area contributed by atoms with Gasteiger partial charge in [-0.05, 0) is 36.4 Å². The molecule has 0 radical (unpaired) electrons. The summed E-state index contributed by atoms with van der Waals surface area (Å²) in [6, 6.07) is 9.81. The second-order valence-corrected chi connectivity index (χ2v) is 5.61. The van der Waals surface area contributed by atoms with Gasteiger partial charge in [-0.25, -0.2) is 9.37 Å². The molecular weight excluding hydrogens is 329 g/mol. The molecule has 3 heterocycles. The summed E-state index contributed by atoms with van der Waals surface area (Å²) in [6.45, 7) is 0. The number of nitrogens with one attached hydrogen (secondary N) is 2. The van der Waals surface area contributed by atoms with Crippen LogP contribution in [-0.2, 0) is 0 Å². The summed E-state index contributed by atoms with van der Waals surface area (Å²) in [5, 5.41) is 11.4. The van der Waals surface area contributed by atoms with E-state index in [4.69, 9.17) is 11.6 Å². The first kappa shape index (κ1) is 14.6. The zero-order valence-electron chi connectivity index (χ0n) is 12.3. The van der Waals surface area contributed by atoms with Gasteiger partial charge in [-0.15, -0.1) is 0 Å². The van der Waals surface area contributed by atoms with Gasteiger partial charge in [0.05, 0.1) is 23.0 Å². The molecule has 118 valence electrons. The van der Waals surface area contributed by atoms with Crippen LogP contribution in [0.15, 0.2) is 55.0 Å². The van der Waals surface area contributed by atoms with Crippen molar-refractivity contribution in [1.82, 2.24) is 20.2 Å². The topological polar surface area (TPSA) is 66.5 Å². The van der Waals surface area contributed by atoms with Crippen molar-refractivity contribution in [2.24, 2.45) is 0 Å². The highest BCUT2D eigenvalue weighted by Gasteiger charge is 2.09. The van der Waals surface area contributed by atoms with Gasteiger partial charge in [-0.2, -0.15) is 5.10 Å². The van der Waals surface area contributed by atoms with Crippen molar-refractivity contribution in [3.8, 4) is 11.3 Å². The zero-order valence-corrected chi connectivity index (χ0v) is 13.0. The van der Waals surface area contributed by atoms with E-state index in [9.17, 15) is 4.39 Å². The fourth-order valence-electron chi connectivity index (χ4n) is 2.46. The van der Waals surface area contributed by atoms with Gasteiger partial charge in [0, 0.05) is 28.7 Å². The fourth-order valence-corrected chi connectivity index (χ4v) is 2.64. The van der Waals surface area contributed by atoms with Gasteiger partial charge >= 0.3 is 0 Å². The second-order valence-electron chi connectivity index (χ2n) is 5.17. The van der Waals surface area contributed by atoms with Crippen LogP contribution >= 0.6 is 11.6 Å². The van der Waals surface area contributed by atoms with Crippen LogP contribution in [0.5, 0.6) is 0 Å². The Morgan fingerprint density at radius 2 is 1.92 bits per heavy atom. The summed E-state index contributed by atoms with van der Waals surface area (Å²) in [6.07, 6.45) is 5.00. The molecule has 0 aliphatic carbocycles. The Morgan fingerprint density at radius 3 is 2.83 bits per heavy atom. The van der Waals surface area contributed by atoms with E-state index in [0.29, 0.717) is 21.9 Å². The van der Waals surface area contributed by atoms with Crippen molar-refractivity contribution in [2.45, 2.75) is 0 Å². The van der Waals surface area contributed by atoms with Gasteiger partial charge in [-0.1, -0.05) is 11.6 Å². The molecule has 0 fully saturated rings. The summed E-state index contributed by atoms with van der Waals surface area (Å²) in [5.74, 6) is -0.370. The molecule has 0 bridgehead atoms. The summed E-state index contributed by atoms with van der Waals surface area (Å²) in [5.41, 5.74) is 3.16. The van der Waals surface area contributed by atoms with Crippen LogP contribution in [0.25, 0.3) is 22.3 Å². The number of hydrogen-bond donors (Lipinski definition) is 2. The molecule has 5 nitrogen and oxygen atoms in total. The van der Waals surface area contributed by atoms with Crippen molar-refractivity contribution in [1.29, 1.82) is 0 Å². The standard InChI is InChI=1S/C17H11ClFN5/c18-10-1-2-14(19)12(7-10)16-8-11(3-5-20-16)23-15-4-6-21-17-13(15)9-22-24-17/h1-9H,(H2,20,21,22,23,24). The Morgan fingerprint density at radius 1 is 1.04 bits per heavy atom. The molecule has 0 amide bonds. The van der Waals surface area contributed by atoms with E-state index in [1.807, 2.05) is 6.07 Å². The lowest BCUT2D eigenvalue weighted by Crippen LogP contribution is -1.94. The Hall–Kier alpha value is -2.99. The Balaban J connectivity index is 1.73. The SMILES string of the molecule is Fc1ccc(Cl)cc1-c1cc(Nc2ccnc3[nH]ncc23)ccn1. The van der Waals surface area contributed by atoms with Gasteiger partial charge < -0.3 is 5.32 Å². The highest BCUT2D eigenvalue weighted by atomic mass is 35.5. The molecule has 1 aromatic carbocycles. The van der Waals surface area contributed by atoms with Gasteiger partial charge in [0.1, 0.15) is 5.82 Å². The van der Waals surface area contributed by atoms with Crippen LogP contribution in [0.4, 0.5) is 15.8 Å². The van der Waals surface area contributed by atoms with Gasteiger partial charge in [0.25, 0.3) is 0 Å². The summed E-state index contributed by atoms with van der Waals surface area (Å²) < 4.78 is 14.0. The van der Waals surface area contributed by atoms with E-state index in [2.05, 4.69) is 25.5 Å². The molecule has 3 aromatic heterocycles. The van der Waals surface area contributed by atoms with Crippen LogP contribution in [0, 0.1) is 5.82 Å². The molecule has 0 unspecified atom stereocenters. The number of anilines is 2. The number of nitrogens with zero attached hydrogens (tertiary/aromatic N) is 3. The van der Waals surface area contributed by atoms with Crippen molar-refractivity contribution in [3.05, 3.63) is 65.8 Å². The number of hydrogen-bond acceptors (Lipinski definition) is 4. The molecule has 7 heteroatoms. The molecule has 2 N–H and O–H groups in total. The second kappa shape index (κ2) is 5.90. The van der Waals surface area contributed by atoms with Crippen molar-refractivity contribution >= 4 is 34.0 Å². The summed E-state index contributed by atoms with van der Waals surface area (Å²) in [4.78, 5) is 8.43. The maximum absolute atomic E-state index is 14.0. The number of benzene rings is 1. The average Bonchev–Trinajstić information content (AvgIpc) is 3.07. The van der Waals surface area contributed by atoms with Crippen molar-refractivity contribution in [2.75, 3.05) is 5.32 Å². The van der Waals surface area contributed by atoms with E-state index in [0.717, 1.165) is 16.8 Å². The van der Waals surface area contributed by atoms with E-state index in [1.165, 1.54) is 12.1 Å². The molecule has 24 heavy (non-hydrogen) atoms. The quantitative estimate of drug-likeness (QED) is 0.574. The van der Waals surface area contributed by atoms with Crippen LogP contribution in [0.1, 0.15) is 0 Å². The molecule has 0 aliphatic heterocycles. The molecule has 0 saturated carbocycles. The predicted molar refractivity (Wildman–Crippen MR) is 91.8 cm³/mol. The van der Waals surface area contributed by atoms with Crippen LogP contribution < -0.4 is 5.32 Å². The Labute approximate surface area is 141 Å². The first-order valence-electron chi connectivity index (χ1n) is 7.17. The molecule has 0 spiro atoms. The minimum atomic E-state index is -0.370. The Bertz CT molecular complexity index is 1030. The number of pyridine rings is 2. The number of halogens is 2. The first-order chi connectivity index (χ1) is 11.7. The third-order valence-corrected chi connectivity index (χ3v) is 3.83. The maximum Gasteiger partial charge on any atom is 0.157 e. The van der Waals surface area contributed by atoms with Gasteiger partial charge in [0.2, 0.25) is 0 Å². The van der Waals surface area contributed by atoms with E-state index in [1.54, 1.807) is 36.8 Å². The Kier molecular flexibility index (Phi) is 3.59. The number of H-pyrrole nitrogens is 1. The van der Waals surface area contributed by atoms with Crippen molar-refractivity contribution in [3.63, 3.8) is 0 Å². The van der Waals surface area contributed by atoms with E-state index >= 15 is 0 Å². The number of rotatable bonds is 3. The highest BCUT2D eigenvalue weighted by molar-refractivity contribution is 6.30. The van der Waals surface area contributed by atoms with E-state index in [-0.39, 0.29) is 5.82 Å². The summed E-state index contributed by atoms with van der Waals surface area (Å²) in [7, 11) is 0. The lowest BCUT2D eigenvalue weighted by atomic mass is 10.1. The molecule has 4 aromatic rings. The highest BCUT2D eigenvalue weighted by Crippen LogP contribution is 2.28. The average molecular weight is 340 g/mol. The third kappa shape index (κ3) is 2.68. The molecule has 0 aliphatic rings. The molecular formula is C17H11ClFN5. The maximum atomic E-state index is 14.0. The minimum Gasteiger partial charge on any atom is -0.355 e. The summed E-state index contributed by atoms with van der Waals surface area (Å²) >= 11 is 5.96. The largest absolute Gasteiger partial charge is 0.355 e. The van der Waals surface area contributed by atoms with Crippen LogP contribution in [0.3, 0.4) is 0 Å². The van der Waals surface area contributed by atoms with E-state index < -0.39 is 0 Å². The van der Waals surface area contributed by atoms with Gasteiger partial charge in [-0.3, -0.25) is 10.1 Å². The molecule has 0 saturated heterocycles. The molecule has 0 atom stereocenters. The lowest BCUT2D eigenvalue weighted by molar-refractivity contribution is 0.631. The lowest BCUT2D eigenvalue weighted by Gasteiger charge is -2.09. The minimum absolute atomic E-state index is 0.356. The van der Waals surface area contributed by atoms with Crippen LogP contribution in [-0.4, -0.2) is 20.2 Å². The monoisotopic (exact) mass is 339 g/mol. The van der Waals surface area contributed by atoms with Crippen molar-refractivity contribution < 1.29 is 4.39 Å². The third-order valence-electron chi connectivity index (χ3n) is 3.60. The molecule has 4 rings (SSSR count). The zero-order chi connectivity index (χ0) is 16.5. The number of aromatic amines is 1.